The Morgan fingerprint density at radius 3 is 3.09 bits per heavy atom. The van der Waals surface area contributed by atoms with E-state index in [1.54, 1.807) is 5.38 Å². The molecule has 1 heterocycles. The van der Waals surface area contributed by atoms with Gasteiger partial charge in [-0.2, -0.15) is 0 Å². The Morgan fingerprint density at radius 1 is 1.91 bits per heavy atom. The van der Waals surface area contributed by atoms with Crippen LogP contribution < -0.4 is 16.0 Å². The summed E-state index contributed by atoms with van der Waals surface area (Å²) in [5.74, 6) is 4.78. The van der Waals surface area contributed by atoms with E-state index in [2.05, 4.69) is 9.72 Å². The number of ether oxygens (including phenoxy) is 1. The van der Waals surface area contributed by atoms with Gasteiger partial charge in [0, 0.05) is 5.38 Å². The smallest absolute Gasteiger partial charge is 0.380 e. The molecule has 0 aromatic carbocycles. The predicted molar refractivity (Wildman–Crippen MR) is 40.2 cm³/mol. The second-order valence-corrected chi connectivity index (χ2v) is 2.61. The summed E-state index contributed by atoms with van der Waals surface area (Å²) < 4.78 is 4.62. The van der Waals surface area contributed by atoms with Crippen LogP contribution in [0.5, 0.6) is 5.19 Å². The quantitative estimate of drug-likeness (QED) is 0.366. The van der Waals surface area contributed by atoms with Gasteiger partial charge in [-0.1, -0.05) is 11.3 Å². The monoisotopic (exact) mass is 173 g/mol. The molecule has 0 bridgehead atoms. The maximum absolute atomic E-state index is 10.5. The Morgan fingerprint density at radius 2 is 2.64 bits per heavy atom. The molecule has 0 atom stereocenters. The number of nitrogens with two attached hydrogens (primary N) is 1. The molecule has 1 amide bonds. The molecule has 0 saturated carbocycles. The molecule has 11 heavy (non-hydrogen) atoms. The molecule has 0 fully saturated rings. The molecule has 0 unspecified atom stereocenters. The third kappa shape index (κ3) is 2.17. The molecule has 1 rings (SSSR count). The first-order valence-electron chi connectivity index (χ1n) is 2.83. The lowest BCUT2D eigenvalue weighted by molar-refractivity contribution is 0.200. The van der Waals surface area contributed by atoms with Crippen LogP contribution in [-0.2, 0) is 0 Å². The Hall–Kier alpha value is -1.14. The van der Waals surface area contributed by atoms with E-state index in [0.717, 1.165) is 5.69 Å². The third-order valence-corrected chi connectivity index (χ3v) is 1.73. The molecule has 6 heteroatoms. The average molecular weight is 173 g/mol. The van der Waals surface area contributed by atoms with E-state index in [-0.39, 0.29) is 0 Å². The number of carbonyl (C=O) groups excluding carboxylic acids is 1. The fourth-order valence-electron chi connectivity index (χ4n) is 0.488. The molecular formula is C5H7N3O2S. The van der Waals surface area contributed by atoms with Crippen molar-refractivity contribution in [1.82, 2.24) is 10.4 Å². The Labute approximate surface area is 67.2 Å². The lowest BCUT2D eigenvalue weighted by atomic mass is 10.6. The first-order valence-corrected chi connectivity index (χ1v) is 3.71. The number of rotatable bonds is 1. The maximum atomic E-state index is 10.5. The van der Waals surface area contributed by atoms with E-state index in [1.165, 1.54) is 11.3 Å². The standard InChI is InChI=1S/C5H7N3O2S/c1-3-2-11-5(7-3)10-4(9)8-6/h2H,6H2,1H3,(H,8,9). The number of carbonyl (C=O) groups is 1. The lowest BCUT2D eigenvalue weighted by Gasteiger charge is -1.95. The van der Waals surface area contributed by atoms with Crippen LogP contribution in [0.2, 0.25) is 0 Å². The van der Waals surface area contributed by atoms with Gasteiger partial charge in [0.2, 0.25) is 0 Å². The minimum atomic E-state index is -0.709. The van der Waals surface area contributed by atoms with Crippen molar-refractivity contribution >= 4 is 17.4 Å². The second-order valence-electron chi connectivity index (χ2n) is 1.79. The highest BCUT2D eigenvalue weighted by Gasteiger charge is 2.04. The number of nitrogens with zero attached hydrogens (tertiary/aromatic N) is 1. The van der Waals surface area contributed by atoms with Gasteiger partial charge in [-0.05, 0) is 6.92 Å². The number of thiazole rings is 1. The molecule has 0 radical (unpaired) electrons. The van der Waals surface area contributed by atoms with E-state index < -0.39 is 6.09 Å². The molecule has 5 nitrogen and oxygen atoms in total. The van der Waals surface area contributed by atoms with Gasteiger partial charge in [-0.3, -0.25) is 5.43 Å². The molecule has 0 saturated heterocycles. The number of hydrazine groups is 1. The summed E-state index contributed by atoms with van der Waals surface area (Å²) in [7, 11) is 0. The minimum Gasteiger partial charge on any atom is -0.380 e. The fraction of sp³-hybridized carbons (Fsp3) is 0.200. The number of nitrogens with one attached hydrogen (secondary N) is 1. The van der Waals surface area contributed by atoms with Gasteiger partial charge in [0.1, 0.15) is 0 Å². The first kappa shape index (κ1) is 7.96. The SMILES string of the molecule is Cc1csc(OC(=O)NN)n1. The highest BCUT2D eigenvalue weighted by atomic mass is 32.1. The van der Waals surface area contributed by atoms with E-state index in [0.29, 0.717) is 5.19 Å². The third-order valence-electron chi connectivity index (χ3n) is 0.896. The molecule has 0 aliphatic heterocycles. The second kappa shape index (κ2) is 3.31. The van der Waals surface area contributed by atoms with Crippen LogP contribution >= 0.6 is 11.3 Å². The van der Waals surface area contributed by atoms with Crippen LogP contribution in [0.25, 0.3) is 0 Å². The number of amides is 1. The molecule has 60 valence electrons. The van der Waals surface area contributed by atoms with Crippen molar-refractivity contribution in [3.63, 3.8) is 0 Å². The van der Waals surface area contributed by atoms with Crippen molar-refractivity contribution in [3.8, 4) is 5.19 Å². The van der Waals surface area contributed by atoms with Crippen LogP contribution in [0.15, 0.2) is 5.38 Å². The Balaban J connectivity index is 2.57. The van der Waals surface area contributed by atoms with Crippen LogP contribution in [0.3, 0.4) is 0 Å². The Kier molecular flexibility index (Phi) is 2.40. The van der Waals surface area contributed by atoms with Crippen molar-refractivity contribution < 1.29 is 9.53 Å². The van der Waals surface area contributed by atoms with Gasteiger partial charge in [0.15, 0.2) is 0 Å². The zero-order valence-electron chi connectivity index (χ0n) is 5.83. The van der Waals surface area contributed by atoms with E-state index >= 15 is 0 Å². The van der Waals surface area contributed by atoms with Gasteiger partial charge >= 0.3 is 6.09 Å². The van der Waals surface area contributed by atoms with Gasteiger partial charge in [-0.15, -0.1) is 0 Å². The van der Waals surface area contributed by atoms with Gasteiger partial charge < -0.3 is 4.74 Å². The number of aromatic nitrogens is 1. The van der Waals surface area contributed by atoms with Gasteiger partial charge in [0.05, 0.1) is 5.69 Å². The van der Waals surface area contributed by atoms with E-state index in [9.17, 15) is 4.79 Å². The molecule has 0 aliphatic rings. The molecule has 3 N–H and O–H groups in total. The van der Waals surface area contributed by atoms with Crippen LogP contribution in [0.4, 0.5) is 4.79 Å². The minimum absolute atomic E-state index is 0.297. The summed E-state index contributed by atoms with van der Waals surface area (Å²) in [4.78, 5) is 14.4. The van der Waals surface area contributed by atoms with Crippen LogP contribution in [-0.4, -0.2) is 11.1 Å². The molecular weight excluding hydrogens is 166 g/mol. The summed E-state index contributed by atoms with van der Waals surface area (Å²) in [5, 5.41) is 2.07. The number of hydrogen-bond acceptors (Lipinski definition) is 5. The molecule has 0 spiro atoms. The van der Waals surface area contributed by atoms with Crippen LogP contribution in [0, 0.1) is 6.92 Å². The topological polar surface area (TPSA) is 77.2 Å². The summed E-state index contributed by atoms with van der Waals surface area (Å²) in [5.41, 5.74) is 2.64. The highest BCUT2D eigenvalue weighted by molar-refractivity contribution is 7.11. The van der Waals surface area contributed by atoms with Crippen molar-refractivity contribution in [3.05, 3.63) is 11.1 Å². The summed E-state index contributed by atoms with van der Waals surface area (Å²) in [6.07, 6.45) is -0.709. The molecule has 1 aromatic heterocycles. The maximum Gasteiger partial charge on any atom is 0.428 e. The van der Waals surface area contributed by atoms with Gasteiger partial charge in [0.25, 0.3) is 5.19 Å². The average Bonchev–Trinajstić information content (AvgIpc) is 2.35. The van der Waals surface area contributed by atoms with Crippen molar-refractivity contribution in [2.45, 2.75) is 6.92 Å². The zero-order chi connectivity index (χ0) is 8.27. The summed E-state index contributed by atoms with van der Waals surface area (Å²) in [6.45, 7) is 1.81. The number of aryl methyl sites for hydroxylation is 1. The number of hydrogen-bond donors (Lipinski definition) is 2. The normalized spacial score (nSPS) is 9.27. The molecule has 1 aromatic rings. The largest absolute Gasteiger partial charge is 0.428 e. The fourth-order valence-corrected chi connectivity index (χ4v) is 1.13. The van der Waals surface area contributed by atoms with Crippen molar-refractivity contribution in [1.29, 1.82) is 0 Å². The van der Waals surface area contributed by atoms with Crippen molar-refractivity contribution in [2.75, 3.05) is 0 Å². The zero-order valence-corrected chi connectivity index (χ0v) is 6.64. The predicted octanol–water partition coefficient (Wildman–Crippen LogP) is 0.414. The first-order chi connectivity index (χ1) is 5.22. The molecule has 0 aliphatic carbocycles. The van der Waals surface area contributed by atoms with Crippen molar-refractivity contribution in [2.24, 2.45) is 5.84 Å². The lowest BCUT2D eigenvalue weighted by Crippen LogP contribution is -2.32. The van der Waals surface area contributed by atoms with E-state index in [4.69, 9.17) is 5.84 Å². The van der Waals surface area contributed by atoms with Gasteiger partial charge in [-0.25, -0.2) is 15.6 Å². The summed E-state index contributed by atoms with van der Waals surface area (Å²) >= 11 is 1.24. The van der Waals surface area contributed by atoms with Crippen LogP contribution in [0.1, 0.15) is 5.69 Å². The van der Waals surface area contributed by atoms with E-state index in [1.807, 2.05) is 12.3 Å². The highest BCUT2D eigenvalue weighted by Crippen LogP contribution is 2.16. The Bertz CT molecular complexity index is 260. The summed E-state index contributed by atoms with van der Waals surface area (Å²) in [6, 6.07) is 0.